The van der Waals surface area contributed by atoms with Crippen molar-refractivity contribution in [2.75, 3.05) is 36.0 Å². The second kappa shape index (κ2) is 9.69. The number of nitriles is 1. The number of hydrogen-bond acceptors (Lipinski definition) is 6. The van der Waals surface area contributed by atoms with Gasteiger partial charge in [0.15, 0.2) is 0 Å². The second-order valence-electron chi connectivity index (χ2n) is 8.03. The van der Waals surface area contributed by atoms with E-state index in [4.69, 9.17) is 4.74 Å². The molecule has 9 heteroatoms. The summed E-state index contributed by atoms with van der Waals surface area (Å²) in [6, 6.07) is 10.4. The fourth-order valence-corrected chi connectivity index (χ4v) is 4.02. The van der Waals surface area contributed by atoms with Crippen LogP contribution in [0, 0.1) is 17.1 Å². The third-order valence-electron chi connectivity index (χ3n) is 5.74. The summed E-state index contributed by atoms with van der Waals surface area (Å²) in [5.41, 5.74) is 3.27. The van der Waals surface area contributed by atoms with Gasteiger partial charge in [0.2, 0.25) is 5.91 Å². The molecule has 0 saturated carbocycles. The van der Waals surface area contributed by atoms with Crippen LogP contribution in [-0.2, 0) is 9.53 Å². The summed E-state index contributed by atoms with van der Waals surface area (Å²) >= 11 is 0. The van der Waals surface area contributed by atoms with Crippen molar-refractivity contribution in [3.63, 3.8) is 0 Å². The molecule has 2 amide bonds. The number of cyclic esters (lactones) is 1. The zero-order valence-corrected chi connectivity index (χ0v) is 18.3. The van der Waals surface area contributed by atoms with Gasteiger partial charge in [-0.2, -0.15) is 5.26 Å². The zero-order chi connectivity index (χ0) is 23.4. The molecule has 8 nitrogen and oxygen atoms in total. The maximum atomic E-state index is 15.0. The molecular weight excluding hydrogens is 425 g/mol. The van der Waals surface area contributed by atoms with Crippen LogP contribution >= 0.6 is 0 Å². The summed E-state index contributed by atoms with van der Waals surface area (Å²) in [5, 5.41) is 11.9. The molecule has 2 aromatic rings. The molecule has 0 radical (unpaired) electrons. The summed E-state index contributed by atoms with van der Waals surface area (Å²) in [6.45, 7) is 3.14. The van der Waals surface area contributed by atoms with Gasteiger partial charge in [0.25, 0.3) is 0 Å². The van der Waals surface area contributed by atoms with Crippen LogP contribution in [0.4, 0.5) is 20.6 Å². The smallest absolute Gasteiger partial charge is 0.414 e. The molecule has 1 N–H and O–H groups in total. The summed E-state index contributed by atoms with van der Waals surface area (Å²) in [5.74, 6) is -0.612. The quantitative estimate of drug-likeness (QED) is 0.753. The molecule has 33 heavy (non-hydrogen) atoms. The van der Waals surface area contributed by atoms with Crippen LogP contribution in [0.3, 0.4) is 0 Å². The predicted molar refractivity (Wildman–Crippen MR) is 121 cm³/mol. The van der Waals surface area contributed by atoms with Gasteiger partial charge in [-0.15, -0.1) is 0 Å². The minimum atomic E-state index is -0.559. The van der Waals surface area contributed by atoms with E-state index in [-0.39, 0.29) is 19.0 Å². The van der Waals surface area contributed by atoms with Crippen LogP contribution in [0.15, 0.2) is 42.1 Å². The van der Waals surface area contributed by atoms with Gasteiger partial charge in [-0.05, 0) is 49.2 Å². The lowest BCUT2D eigenvalue weighted by Crippen LogP contribution is -2.33. The zero-order valence-electron chi connectivity index (χ0n) is 18.3. The summed E-state index contributed by atoms with van der Waals surface area (Å²) in [6.07, 6.45) is 4.06. The van der Waals surface area contributed by atoms with Gasteiger partial charge in [-0.25, -0.2) is 9.18 Å². The molecule has 1 atom stereocenters. The Morgan fingerprint density at radius 1 is 1.36 bits per heavy atom. The molecule has 0 spiro atoms. The Morgan fingerprint density at radius 3 is 2.85 bits per heavy atom. The van der Waals surface area contributed by atoms with Crippen LogP contribution in [0.2, 0.25) is 0 Å². The molecule has 2 fully saturated rings. The van der Waals surface area contributed by atoms with E-state index in [1.165, 1.54) is 23.5 Å². The fourth-order valence-electron chi connectivity index (χ4n) is 4.02. The SMILES string of the molecule is CC(=O)NC[C@H]1CN(c2ccc(N3CCC(=Cc4ncccc4C#N)CC3)c(F)c2)C(=O)O1. The lowest BCUT2D eigenvalue weighted by molar-refractivity contribution is -0.119. The minimum Gasteiger partial charge on any atom is -0.442 e. The van der Waals surface area contributed by atoms with E-state index in [0.29, 0.717) is 35.7 Å². The number of aromatic nitrogens is 1. The van der Waals surface area contributed by atoms with Gasteiger partial charge in [-0.3, -0.25) is 14.7 Å². The van der Waals surface area contributed by atoms with Crippen molar-refractivity contribution >= 4 is 29.5 Å². The van der Waals surface area contributed by atoms with Crippen molar-refractivity contribution in [2.45, 2.75) is 25.9 Å². The average molecular weight is 449 g/mol. The third kappa shape index (κ3) is 5.12. The van der Waals surface area contributed by atoms with Crippen molar-refractivity contribution in [3.05, 3.63) is 59.2 Å². The second-order valence-corrected chi connectivity index (χ2v) is 8.03. The first-order valence-corrected chi connectivity index (χ1v) is 10.8. The van der Waals surface area contributed by atoms with E-state index < -0.39 is 18.0 Å². The van der Waals surface area contributed by atoms with Crippen LogP contribution < -0.4 is 15.1 Å². The Balaban J connectivity index is 1.40. The number of anilines is 2. The third-order valence-corrected chi connectivity index (χ3v) is 5.74. The number of pyridine rings is 1. The topological polar surface area (TPSA) is 98.6 Å². The number of hydrogen-bond donors (Lipinski definition) is 1. The number of rotatable bonds is 5. The molecule has 170 valence electrons. The highest BCUT2D eigenvalue weighted by molar-refractivity contribution is 5.90. The molecule has 0 bridgehead atoms. The van der Waals surface area contributed by atoms with Crippen LogP contribution in [-0.4, -0.2) is 49.3 Å². The van der Waals surface area contributed by atoms with E-state index in [9.17, 15) is 19.2 Å². The van der Waals surface area contributed by atoms with E-state index in [1.807, 2.05) is 11.0 Å². The number of nitrogens with zero attached hydrogens (tertiary/aromatic N) is 4. The van der Waals surface area contributed by atoms with Gasteiger partial charge in [0.05, 0.1) is 35.7 Å². The molecule has 3 heterocycles. The van der Waals surface area contributed by atoms with E-state index in [1.54, 1.807) is 30.5 Å². The molecular formula is C24H24FN5O3. The molecule has 2 saturated heterocycles. The van der Waals surface area contributed by atoms with E-state index >= 15 is 0 Å². The average Bonchev–Trinajstić information content (AvgIpc) is 3.19. The largest absolute Gasteiger partial charge is 0.442 e. The first-order chi connectivity index (χ1) is 15.9. The first-order valence-electron chi connectivity index (χ1n) is 10.8. The lowest BCUT2D eigenvalue weighted by atomic mass is 10.0. The first kappa shape index (κ1) is 22.3. The molecule has 1 aromatic heterocycles. The van der Waals surface area contributed by atoms with Gasteiger partial charge in [0, 0.05) is 26.2 Å². The van der Waals surface area contributed by atoms with Crippen molar-refractivity contribution in [2.24, 2.45) is 0 Å². The summed E-state index contributed by atoms with van der Waals surface area (Å²) in [7, 11) is 0. The van der Waals surface area contributed by atoms with Gasteiger partial charge < -0.3 is 15.0 Å². The highest BCUT2D eigenvalue weighted by Gasteiger charge is 2.33. The maximum Gasteiger partial charge on any atom is 0.414 e. The van der Waals surface area contributed by atoms with Crippen LogP contribution in [0.25, 0.3) is 6.08 Å². The van der Waals surface area contributed by atoms with Crippen molar-refractivity contribution in [3.8, 4) is 6.07 Å². The number of carbonyl (C=O) groups excluding carboxylic acids is 2. The number of benzene rings is 1. The number of nitrogens with one attached hydrogen (secondary N) is 1. The summed E-state index contributed by atoms with van der Waals surface area (Å²) < 4.78 is 20.2. The van der Waals surface area contributed by atoms with E-state index in [2.05, 4.69) is 16.4 Å². The molecule has 0 unspecified atom stereocenters. The molecule has 2 aliphatic heterocycles. The Hall–Kier alpha value is -3.93. The van der Waals surface area contributed by atoms with Crippen molar-refractivity contribution in [1.82, 2.24) is 10.3 Å². The van der Waals surface area contributed by atoms with Gasteiger partial charge >= 0.3 is 6.09 Å². The monoisotopic (exact) mass is 449 g/mol. The number of carbonyl (C=O) groups is 2. The van der Waals surface area contributed by atoms with Crippen LogP contribution in [0.5, 0.6) is 0 Å². The number of ether oxygens (including phenoxy) is 1. The molecule has 4 rings (SSSR count). The highest BCUT2D eigenvalue weighted by Crippen LogP contribution is 2.30. The highest BCUT2D eigenvalue weighted by atomic mass is 19.1. The lowest BCUT2D eigenvalue weighted by Gasteiger charge is -2.31. The Bertz CT molecular complexity index is 1130. The Labute approximate surface area is 191 Å². The maximum absolute atomic E-state index is 15.0. The molecule has 2 aliphatic rings. The number of amides is 2. The fraction of sp³-hybridized carbons (Fsp3) is 0.333. The van der Waals surface area contributed by atoms with Crippen molar-refractivity contribution < 1.29 is 18.7 Å². The van der Waals surface area contributed by atoms with Crippen molar-refractivity contribution in [1.29, 1.82) is 5.26 Å². The number of piperidine rings is 1. The molecule has 1 aromatic carbocycles. The Kier molecular flexibility index (Phi) is 6.54. The van der Waals surface area contributed by atoms with E-state index in [0.717, 1.165) is 12.8 Å². The minimum absolute atomic E-state index is 0.204. The van der Waals surface area contributed by atoms with Gasteiger partial charge in [0.1, 0.15) is 18.0 Å². The summed E-state index contributed by atoms with van der Waals surface area (Å²) in [4.78, 5) is 30.9. The molecule has 0 aliphatic carbocycles. The predicted octanol–water partition coefficient (Wildman–Crippen LogP) is 3.24. The van der Waals surface area contributed by atoms with Gasteiger partial charge in [-0.1, -0.05) is 5.57 Å². The Morgan fingerprint density at radius 2 is 2.15 bits per heavy atom. The number of halogens is 1. The van der Waals surface area contributed by atoms with Crippen LogP contribution in [0.1, 0.15) is 31.0 Å². The standard InChI is InChI=1S/C24H24FN5O3/c1-16(31)28-14-20-15-30(24(32)33-20)19-4-5-23(21(25)12-19)29-9-6-17(7-10-29)11-22-18(13-26)3-2-8-27-22/h2-5,8,11-12,20H,6-7,9-10,14-15H2,1H3,(H,28,31)/t20-/m0/s1. The normalized spacial score (nSPS) is 18.0.